The van der Waals surface area contributed by atoms with E-state index in [9.17, 15) is 4.79 Å². The van der Waals surface area contributed by atoms with Gasteiger partial charge in [0.15, 0.2) is 0 Å². The molecule has 0 aliphatic rings. The lowest BCUT2D eigenvalue weighted by molar-refractivity contribution is 0.415. The number of hydrogen-bond acceptors (Lipinski definition) is 3. The first-order valence-electron chi connectivity index (χ1n) is 6.51. The van der Waals surface area contributed by atoms with Crippen molar-refractivity contribution < 1.29 is 4.74 Å². The summed E-state index contributed by atoms with van der Waals surface area (Å²) in [7, 11) is 3.19. The molecule has 2 heterocycles. The van der Waals surface area contributed by atoms with Crippen molar-refractivity contribution in [2.24, 2.45) is 7.05 Å². The Bertz CT molecular complexity index is 944. The first-order chi connectivity index (χ1) is 10.5. The molecule has 1 aromatic carbocycles. The van der Waals surface area contributed by atoms with E-state index in [1.54, 1.807) is 25.4 Å². The highest BCUT2D eigenvalue weighted by atomic mass is 35.5. The second kappa shape index (κ2) is 5.34. The number of H-pyrrole nitrogens is 1. The predicted octanol–water partition coefficient (Wildman–Crippen LogP) is 3.55. The zero-order valence-electron chi connectivity index (χ0n) is 12.2. The highest BCUT2D eigenvalue weighted by molar-refractivity contribution is 6.40. The number of pyridine rings is 1. The second-order valence-electron chi connectivity index (χ2n) is 4.99. The molecule has 0 saturated heterocycles. The molecule has 0 amide bonds. The molecule has 7 heteroatoms. The van der Waals surface area contributed by atoms with Crippen molar-refractivity contribution in [3.8, 4) is 16.9 Å². The number of benzene rings is 1. The van der Waals surface area contributed by atoms with Gasteiger partial charge in [0.1, 0.15) is 11.4 Å². The number of rotatable bonds is 2. The van der Waals surface area contributed by atoms with Crippen molar-refractivity contribution in [1.29, 1.82) is 0 Å². The van der Waals surface area contributed by atoms with Crippen molar-refractivity contribution >= 4 is 34.2 Å². The Labute approximate surface area is 136 Å². The third kappa shape index (κ3) is 2.09. The van der Waals surface area contributed by atoms with Crippen molar-refractivity contribution in [2.45, 2.75) is 6.92 Å². The first-order valence-corrected chi connectivity index (χ1v) is 7.27. The molecule has 22 heavy (non-hydrogen) atoms. The van der Waals surface area contributed by atoms with Gasteiger partial charge in [0.05, 0.1) is 28.9 Å². The van der Waals surface area contributed by atoms with Crippen LogP contribution in [0, 0.1) is 6.92 Å². The normalized spacial score (nSPS) is 11.1. The fraction of sp³-hybridized carbons (Fsp3) is 0.200. The summed E-state index contributed by atoms with van der Waals surface area (Å²) in [4.78, 5) is 12.7. The minimum absolute atomic E-state index is 0.215. The van der Waals surface area contributed by atoms with E-state index in [4.69, 9.17) is 27.9 Å². The van der Waals surface area contributed by atoms with Gasteiger partial charge in [-0.05, 0) is 24.6 Å². The van der Waals surface area contributed by atoms with Gasteiger partial charge in [-0.1, -0.05) is 23.2 Å². The lowest BCUT2D eigenvalue weighted by Gasteiger charge is -2.14. The van der Waals surface area contributed by atoms with Gasteiger partial charge in [-0.3, -0.25) is 14.5 Å². The molecular weight excluding hydrogens is 325 g/mol. The average molecular weight is 338 g/mol. The van der Waals surface area contributed by atoms with E-state index < -0.39 is 0 Å². The molecule has 5 nitrogen and oxygen atoms in total. The van der Waals surface area contributed by atoms with Crippen LogP contribution in [0.5, 0.6) is 5.75 Å². The number of fused-ring (bicyclic) bond motifs is 1. The highest BCUT2D eigenvalue weighted by Gasteiger charge is 2.20. The first kappa shape index (κ1) is 14.9. The summed E-state index contributed by atoms with van der Waals surface area (Å²) in [5, 5.41) is 8.30. The molecule has 0 aliphatic carbocycles. The summed E-state index contributed by atoms with van der Waals surface area (Å²) in [5.41, 5.74) is 2.10. The van der Waals surface area contributed by atoms with E-state index in [1.807, 2.05) is 6.92 Å². The van der Waals surface area contributed by atoms with Crippen LogP contribution in [-0.4, -0.2) is 21.9 Å². The van der Waals surface area contributed by atoms with Gasteiger partial charge >= 0.3 is 0 Å². The van der Waals surface area contributed by atoms with Crippen molar-refractivity contribution in [2.75, 3.05) is 7.11 Å². The van der Waals surface area contributed by atoms with Crippen LogP contribution in [0.2, 0.25) is 10.0 Å². The molecule has 0 spiro atoms. The average Bonchev–Trinajstić information content (AvgIpc) is 2.96. The Morgan fingerprint density at radius 2 is 2.00 bits per heavy atom. The summed E-state index contributed by atoms with van der Waals surface area (Å²) in [5.74, 6) is 0.480. The van der Waals surface area contributed by atoms with E-state index in [0.717, 1.165) is 10.9 Å². The largest absolute Gasteiger partial charge is 0.495 e. The molecule has 0 fully saturated rings. The fourth-order valence-corrected chi connectivity index (χ4v) is 3.09. The van der Waals surface area contributed by atoms with E-state index in [2.05, 4.69) is 10.2 Å². The Kier molecular flexibility index (Phi) is 3.62. The number of aromatic nitrogens is 3. The quantitative estimate of drug-likeness (QED) is 0.777. The number of nitrogens with zero attached hydrogens (tertiary/aromatic N) is 2. The van der Waals surface area contributed by atoms with Crippen LogP contribution in [0.25, 0.3) is 22.2 Å². The SMILES string of the molecule is COc1cc(C)c(Cl)c(-c2cc3cn[nH]c3n(C)c2=O)c1Cl. The molecule has 114 valence electrons. The van der Waals surface area contributed by atoms with E-state index >= 15 is 0 Å². The second-order valence-corrected chi connectivity index (χ2v) is 5.75. The molecule has 0 aliphatic heterocycles. The van der Waals surface area contributed by atoms with Crippen LogP contribution in [0.1, 0.15) is 5.56 Å². The molecular formula is C15H13Cl2N3O2. The minimum atomic E-state index is -0.215. The maximum Gasteiger partial charge on any atom is 0.259 e. The van der Waals surface area contributed by atoms with Crippen LogP contribution >= 0.6 is 23.2 Å². The molecule has 0 unspecified atom stereocenters. The zero-order valence-corrected chi connectivity index (χ0v) is 13.7. The molecule has 3 rings (SSSR count). The third-order valence-electron chi connectivity index (χ3n) is 3.66. The predicted molar refractivity (Wildman–Crippen MR) is 88.1 cm³/mol. The van der Waals surface area contributed by atoms with Gasteiger partial charge in [-0.25, -0.2) is 0 Å². The van der Waals surface area contributed by atoms with Crippen LogP contribution in [-0.2, 0) is 7.05 Å². The Hall–Kier alpha value is -1.98. The molecule has 0 radical (unpaired) electrons. The van der Waals surface area contributed by atoms with Crippen molar-refractivity contribution in [3.05, 3.63) is 44.3 Å². The van der Waals surface area contributed by atoms with Gasteiger partial charge in [-0.2, -0.15) is 5.10 Å². The lowest BCUT2D eigenvalue weighted by atomic mass is 10.0. The Morgan fingerprint density at radius 1 is 1.27 bits per heavy atom. The number of hydrogen-bond donors (Lipinski definition) is 1. The summed E-state index contributed by atoms with van der Waals surface area (Å²) < 4.78 is 6.75. The van der Waals surface area contributed by atoms with Gasteiger partial charge < -0.3 is 4.74 Å². The zero-order chi connectivity index (χ0) is 16.0. The topological polar surface area (TPSA) is 59.9 Å². The number of aryl methyl sites for hydroxylation is 2. The summed E-state index contributed by atoms with van der Waals surface area (Å²) in [6, 6.07) is 3.47. The number of aromatic amines is 1. The monoisotopic (exact) mass is 337 g/mol. The summed E-state index contributed by atoms with van der Waals surface area (Å²) in [6.07, 6.45) is 1.65. The Morgan fingerprint density at radius 3 is 2.68 bits per heavy atom. The smallest absolute Gasteiger partial charge is 0.259 e. The van der Waals surface area contributed by atoms with E-state index in [1.165, 1.54) is 11.7 Å². The molecule has 0 saturated carbocycles. The van der Waals surface area contributed by atoms with Gasteiger partial charge in [0, 0.05) is 18.0 Å². The van der Waals surface area contributed by atoms with Crippen LogP contribution in [0.4, 0.5) is 0 Å². The van der Waals surface area contributed by atoms with Crippen molar-refractivity contribution in [1.82, 2.24) is 14.8 Å². The molecule has 2 aromatic heterocycles. The standard InChI is InChI=1S/C15H13Cl2N3O2/c1-7-4-10(22-3)13(17)11(12(7)16)9-5-8-6-18-19-14(8)20(2)15(9)21/h4-6H,1-3H3,(H,18,19). The molecule has 1 N–H and O–H groups in total. The van der Waals surface area contributed by atoms with Gasteiger partial charge in [0.2, 0.25) is 0 Å². The summed E-state index contributed by atoms with van der Waals surface area (Å²) >= 11 is 12.8. The van der Waals surface area contributed by atoms with Gasteiger partial charge in [-0.15, -0.1) is 0 Å². The maximum atomic E-state index is 12.7. The fourth-order valence-electron chi connectivity index (χ4n) is 2.47. The third-order valence-corrected chi connectivity index (χ3v) is 4.52. The number of halogens is 2. The number of ether oxygens (including phenoxy) is 1. The van der Waals surface area contributed by atoms with Gasteiger partial charge in [0.25, 0.3) is 5.56 Å². The Balaban J connectivity index is 2.44. The van der Waals surface area contributed by atoms with E-state index in [0.29, 0.717) is 32.6 Å². The minimum Gasteiger partial charge on any atom is -0.495 e. The van der Waals surface area contributed by atoms with E-state index in [-0.39, 0.29) is 5.56 Å². The number of methoxy groups -OCH3 is 1. The van der Waals surface area contributed by atoms with Crippen LogP contribution in [0.3, 0.4) is 0 Å². The summed E-state index contributed by atoms with van der Waals surface area (Å²) in [6.45, 7) is 1.84. The van der Waals surface area contributed by atoms with Crippen LogP contribution < -0.4 is 10.3 Å². The molecule has 0 atom stereocenters. The molecule has 0 bridgehead atoms. The number of nitrogens with one attached hydrogen (secondary N) is 1. The van der Waals surface area contributed by atoms with Crippen LogP contribution in [0.15, 0.2) is 23.1 Å². The highest BCUT2D eigenvalue weighted by Crippen LogP contribution is 2.41. The molecule has 3 aromatic rings. The maximum absolute atomic E-state index is 12.7. The lowest BCUT2D eigenvalue weighted by Crippen LogP contribution is -2.19. The van der Waals surface area contributed by atoms with Crippen molar-refractivity contribution in [3.63, 3.8) is 0 Å².